The van der Waals surface area contributed by atoms with Crippen molar-refractivity contribution in [2.45, 2.75) is 13.5 Å². The fourth-order valence-corrected chi connectivity index (χ4v) is 2.34. The molecule has 0 amide bonds. The minimum Gasteiger partial charge on any atom is -0.418 e. The maximum absolute atomic E-state index is 6.10. The highest BCUT2D eigenvalue weighted by Crippen LogP contribution is 2.35. The molecule has 0 aliphatic rings. The van der Waals surface area contributed by atoms with Crippen LogP contribution in [-0.4, -0.2) is 17.2 Å². The fraction of sp³-hybridized carbons (Fsp3) is 0.333. The average Bonchev–Trinajstić information content (AvgIpc) is 2.77. The van der Waals surface area contributed by atoms with E-state index in [9.17, 15) is 0 Å². The lowest BCUT2D eigenvalue weighted by Crippen LogP contribution is -2.04. The molecule has 0 atom stereocenters. The molecule has 4 nitrogen and oxygen atoms in total. The van der Waals surface area contributed by atoms with Crippen molar-refractivity contribution in [3.05, 3.63) is 21.9 Å². The monoisotopic (exact) mass is 243 g/mol. The molecule has 0 radical (unpaired) electrons. The summed E-state index contributed by atoms with van der Waals surface area (Å²) >= 11 is 7.61. The number of thiophene rings is 1. The summed E-state index contributed by atoms with van der Waals surface area (Å²) in [5, 5.41) is 13.5. The van der Waals surface area contributed by atoms with Crippen molar-refractivity contribution in [1.82, 2.24) is 15.5 Å². The predicted molar refractivity (Wildman–Crippen MR) is 60.1 cm³/mol. The van der Waals surface area contributed by atoms with Gasteiger partial charge in [-0.25, -0.2) is 0 Å². The molecule has 0 aromatic carbocycles. The molecule has 80 valence electrons. The molecule has 0 saturated carbocycles. The summed E-state index contributed by atoms with van der Waals surface area (Å²) < 4.78 is 5.45. The summed E-state index contributed by atoms with van der Waals surface area (Å²) in [6.45, 7) is 2.52. The fourth-order valence-electron chi connectivity index (χ4n) is 1.14. The van der Waals surface area contributed by atoms with Crippen molar-refractivity contribution >= 4 is 22.9 Å². The highest BCUT2D eigenvalue weighted by atomic mass is 35.5. The van der Waals surface area contributed by atoms with Crippen molar-refractivity contribution < 1.29 is 4.42 Å². The molecule has 2 rings (SSSR count). The first-order valence-electron chi connectivity index (χ1n) is 4.43. The number of nitrogens with one attached hydrogen (secondary N) is 1. The minimum atomic E-state index is 0.489. The molecule has 0 unspecified atom stereocenters. The molecule has 1 N–H and O–H groups in total. The second-order valence-electron chi connectivity index (χ2n) is 3.09. The summed E-state index contributed by atoms with van der Waals surface area (Å²) in [5.41, 5.74) is 1.03. The zero-order valence-corrected chi connectivity index (χ0v) is 9.95. The first-order chi connectivity index (χ1) is 7.22. The van der Waals surface area contributed by atoms with Gasteiger partial charge in [0.05, 0.1) is 11.6 Å². The van der Waals surface area contributed by atoms with Gasteiger partial charge < -0.3 is 9.73 Å². The van der Waals surface area contributed by atoms with Gasteiger partial charge in [-0.1, -0.05) is 11.6 Å². The number of nitrogens with zero attached hydrogens (tertiary/aromatic N) is 2. The predicted octanol–water partition coefficient (Wildman–Crippen LogP) is 2.48. The van der Waals surface area contributed by atoms with Gasteiger partial charge in [0.15, 0.2) is 0 Å². The number of rotatable bonds is 3. The third-order valence-electron chi connectivity index (χ3n) is 1.89. The molecule has 0 aliphatic heterocycles. The number of aromatic nitrogens is 2. The van der Waals surface area contributed by atoms with E-state index in [-0.39, 0.29) is 0 Å². The minimum absolute atomic E-state index is 0.489. The Morgan fingerprint density at radius 3 is 2.93 bits per heavy atom. The molecule has 2 aromatic rings. The number of aryl methyl sites for hydroxylation is 1. The lowest BCUT2D eigenvalue weighted by atomic mass is 10.3. The van der Waals surface area contributed by atoms with Crippen molar-refractivity contribution in [3.63, 3.8) is 0 Å². The van der Waals surface area contributed by atoms with Crippen LogP contribution in [0.2, 0.25) is 5.02 Å². The lowest BCUT2D eigenvalue weighted by Gasteiger charge is -1.91. The van der Waals surface area contributed by atoms with E-state index in [2.05, 4.69) is 15.5 Å². The molecular weight excluding hydrogens is 234 g/mol. The average molecular weight is 244 g/mol. The summed E-state index contributed by atoms with van der Waals surface area (Å²) in [6, 6.07) is 0. The molecule has 0 bridgehead atoms. The highest BCUT2D eigenvalue weighted by molar-refractivity contribution is 7.14. The molecule has 0 aliphatic carbocycles. The molecular formula is C9H10ClN3OS. The third-order valence-corrected chi connectivity index (χ3v) is 3.57. The van der Waals surface area contributed by atoms with Crippen LogP contribution in [0.25, 0.3) is 10.8 Å². The van der Waals surface area contributed by atoms with Gasteiger partial charge in [-0.2, -0.15) is 0 Å². The Labute approximate surface area is 96.3 Å². The van der Waals surface area contributed by atoms with Crippen molar-refractivity contribution in [3.8, 4) is 10.8 Å². The van der Waals surface area contributed by atoms with E-state index in [1.807, 2.05) is 19.4 Å². The quantitative estimate of drug-likeness (QED) is 0.900. The van der Waals surface area contributed by atoms with Gasteiger partial charge in [0.2, 0.25) is 5.89 Å². The van der Waals surface area contributed by atoms with E-state index in [0.717, 1.165) is 10.4 Å². The van der Waals surface area contributed by atoms with Gasteiger partial charge in [0.1, 0.15) is 4.88 Å². The van der Waals surface area contributed by atoms with E-state index < -0.39 is 0 Å². The number of hydrogen-bond acceptors (Lipinski definition) is 5. The third kappa shape index (κ3) is 2.04. The summed E-state index contributed by atoms with van der Waals surface area (Å²) in [7, 11) is 1.83. The van der Waals surface area contributed by atoms with Crippen LogP contribution in [0.3, 0.4) is 0 Å². The smallest absolute Gasteiger partial charge is 0.259 e. The van der Waals surface area contributed by atoms with Gasteiger partial charge >= 0.3 is 0 Å². The number of halogens is 1. The molecule has 2 aromatic heterocycles. The van der Waals surface area contributed by atoms with Crippen molar-refractivity contribution in [2.24, 2.45) is 0 Å². The second-order valence-corrected chi connectivity index (χ2v) is 4.35. The van der Waals surface area contributed by atoms with E-state index in [4.69, 9.17) is 16.0 Å². The Bertz CT molecular complexity index is 466. The summed E-state index contributed by atoms with van der Waals surface area (Å²) in [4.78, 5) is 0.837. The van der Waals surface area contributed by atoms with E-state index >= 15 is 0 Å². The van der Waals surface area contributed by atoms with Crippen LogP contribution < -0.4 is 5.32 Å². The van der Waals surface area contributed by atoms with Crippen LogP contribution in [0.4, 0.5) is 0 Å². The van der Waals surface area contributed by atoms with Crippen LogP contribution in [0.15, 0.2) is 9.80 Å². The van der Waals surface area contributed by atoms with Gasteiger partial charge in [0.25, 0.3) is 5.89 Å². The van der Waals surface area contributed by atoms with Crippen molar-refractivity contribution in [1.29, 1.82) is 0 Å². The van der Waals surface area contributed by atoms with E-state index in [1.165, 1.54) is 11.3 Å². The van der Waals surface area contributed by atoms with Gasteiger partial charge in [-0.15, -0.1) is 21.5 Å². The SMILES string of the molecule is CNCc1nnc(-c2scc(C)c2Cl)o1. The topological polar surface area (TPSA) is 51.0 Å². The highest BCUT2D eigenvalue weighted by Gasteiger charge is 2.14. The van der Waals surface area contributed by atoms with Gasteiger partial charge in [-0.3, -0.25) is 0 Å². The zero-order chi connectivity index (χ0) is 10.8. The molecule has 15 heavy (non-hydrogen) atoms. The van der Waals surface area contributed by atoms with E-state index in [1.54, 1.807) is 0 Å². The first-order valence-corrected chi connectivity index (χ1v) is 5.69. The van der Waals surface area contributed by atoms with Crippen LogP contribution in [0, 0.1) is 6.92 Å². The van der Waals surface area contributed by atoms with Crippen LogP contribution in [0.1, 0.15) is 11.5 Å². The van der Waals surface area contributed by atoms with Gasteiger partial charge in [-0.05, 0) is 24.9 Å². The van der Waals surface area contributed by atoms with Crippen LogP contribution >= 0.6 is 22.9 Å². The Morgan fingerprint density at radius 1 is 1.53 bits per heavy atom. The summed E-state index contributed by atoms with van der Waals surface area (Å²) in [6.07, 6.45) is 0. The maximum Gasteiger partial charge on any atom is 0.259 e. The normalized spacial score (nSPS) is 10.9. The van der Waals surface area contributed by atoms with Crippen molar-refractivity contribution in [2.75, 3.05) is 7.05 Å². The second kappa shape index (κ2) is 4.30. The molecule has 0 spiro atoms. The Hall–Kier alpha value is -0.910. The van der Waals surface area contributed by atoms with Crippen LogP contribution in [0.5, 0.6) is 0 Å². The largest absolute Gasteiger partial charge is 0.418 e. The zero-order valence-electron chi connectivity index (χ0n) is 8.37. The first kappa shape index (κ1) is 10.6. The number of hydrogen-bond donors (Lipinski definition) is 1. The standard InChI is InChI=1S/C9H10ClN3OS/c1-5-4-15-8(7(5)10)9-13-12-6(14-9)3-11-2/h4,11H,3H2,1-2H3. The molecule has 2 heterocycles. The maximum atomic E-state index is 6.10. The lowest BCUT2D eigenvalue weighted by molar-refractivity contribution is 0.491. The van der Waals surface area contributed by atoms with E-state index in [0.29, 0.717) is 23.3 Å². The molecule has 6 heteroatoms. The Morgan fingerprint density at radius 2 is 2.33 bits per heavy atom. The van der Waals surface area contributed by atoms with Gasteiger partial charge in [0, 0.05) is 0 Å². The Kier molecular flexibility index (Phi) is 3.04. The Balaban J connectivity index is 2.33. The van der Waals surface area contributed by atoms with Crippen LogP contribution in [-0.2, 0) is 6.54 Å². The molecule has 0 saturated heterocycles. The summed E-state index contributed by atoms with van der Waals surface area (Å²) in [5.74, 6) is 1.05. The molecule has 0 fully saturated rings.